The highest BCUT2D eigenvalue weighted by Crippen LogP contribution is 1.79. The maximum absolute atomic E-state index is 10.3. The number of rotatable bonds is 1. The van der Waals surface area contributed by atoms with Crippen LogP contribution in [-0.2, 0) is 4.79 Å². The summed E-state index contributed by atoms with van der Waals surface area (Å²) in [4.78, 5) is 11.8. The van der Waals surface area contributed by atoms with Crippen LogP contribution in [-0.4, -0.2) is 30.7 Å². The third-order valence-electron chi connectivity index (χ3n) is 0.622. The molecule has 0 aliphatic rings. The normalized spacial score (nSPS) is 8.43. The van der Waals surface area contributed by atoms with E-state index in [-0.39, 0.29) is 11.7 Å². The summed E-state index contributed by atoms with van der Waals surface area (Å²) in [7, 11) is 3.38. The molecule has 0 aliphatic carbocycles. The monoisotopic (exact) mass is 118 g/mol. The Balaban J connectivity index is 3.35. The van der Waals surface area contributed by atoms with Gasteiger partial charge in [0.25, 0.3) is 0 Å². The fourth-order valence-corrected chi connectivity index (χ4v) is 0.387. The predicted octanol–water partition coefficient (Wildman–Crippen LogP) is 0.272. The van der Waals surface area contributed by atoms with Crippen LogP contribution < -0.4 is 0 Å². The highest BCUT2D eigenvalue weighted by atomic mass is 32.1. The van der Waals surface area contributed by atoms with Gasteiger partial charge in [-0.25, -0.2) is 0 Å². The van der Waals surface area contributed by atoms with Gasteiger partial charge in [0.05, 0.1) is 5.75 Å². The Morgan fingerprint density at radius 3 is 2.14 bits per heavy atom. The highest BCUT2D eigenvalue weighted by molar-refractivity contribution is 7.81. The summed E-state index contributed by atoms with van der Waals surface area (Å²) in [6.45, 7) is 0. The zero-order chi connectivity index (χ0) is 5.86. The van der Waals surface area contributed by atoms with E-state index in [2.05, 4.69) is 12.6 Å². The Labute approximate surface area is 48.9 Å². The lowest BCUT2D eigenvalue weighted by molar-refractivity contribution is -0.125. The van der Waals surface area contributed by atoms with E-state index < -0.39 is 0 Å². The smallest absolute Gasteiger partial charge is 0.232 e. The number of amides is 1. The van der Waals surface area contributed by atoms with Gasteiger partial charge in [-0.3, -0.25) is 4.79 Å². The minimum absolute atomic E-state index is 0.00463. The van der Waals surface area contributed by atoms with Crippen molar-refractivity contribution in [3.63, 3.8) is 0 Å². The van der Waals surface area contributed by atoms with Gasteiger partial charge < -0.3 is 4.90 Å². The lowest BCUT2D eigenvalue weighted by Gasteiger charge is -2.05. The van der Waals surface area contributed by atoms with Gasteiger partial charge in [0.2, 0.25) is 5.91 Å². The summed E-state index contributed by atoms with van der Waals surface area (Å²) >= 11 is 4.46. The fourth-order valence-electron chi connectivity index (χ4n) is 0.129. The van der Waals surface area contributed by atoms with Crippen molar-refractivity contribution in [1.29, 1.82) is 0 Å². The van der Waals surface area contributed by atoms with Crippen LogP contribution in [0.2, 0.25) is 0 Å². The highest BCUT2D eigenvalue weighted by Gasteiger charge is 1.96. The first kappa shape index (κ1) is 6.82. The van der Waals surface area contributed by atoms with Gasteiger partial charge in [-0.15, -0.1) is 0 Å². The Hall–Kier alpha value is -0.180. The summed E-state index contributed by atoms with van der Waals surface area (Å²) in [6.07, 6.45) is 0. The molecule has 7 heavy (non-hydrogen) atoms. The number of carbonyl (C=O) groups is 1. The molecule has 0 saturated heterocycles. The first-order valence-electron chi connectivity index (χ1n) is 1.96. The standard InChI is InChI=1S/C4H8NOS/c1-5(2)4(6)3-7/h3H2,1-2H3. The van der Waals surface area contributed by atoms with Crippen LogP contribution in [0.5, 0.6) is 0 Å². The summed E-state index contributed by atoms with van der Waals surface area (Å²) in [6, 6.07) is 0. The van der Waals surface area contributed by atoms with E-state index in [4.69, 9.17) is 0 Å². The van der Waals surface area contributed by atoms with Crippen LogP contribution in [0, 0.1) is 0 Å². The molecule has 0 saturated carbocycles. The molecule has 41 valence electrons. The summed E-state index contributed by atoms with van der Waals surface area (Å²) in [5, 5.41) is 0. The molecule has 0 rings (SSSR count). The van der Waals surface area contributed by atoms with Crippen molar-refractivity contribution in [2.75, 3.05) is 19.8 Å². The zero-order valence-corrected chi connectivity index (χ0v) is 5.29. The molecule has 0 aromatic heterocycles. The second kappa shape index (κ2) is 2.91. The average molecular weight is 118 g/mol. The predicted molar refractivity (Wildman–Crippen MR) is 31.2 cm³/mol. The molecule has 0 atom stereocenters. The van der Waals surface area contributed by atoms with Crippen molar-refractivity contribution in [2.24, 2.45) is 0 Å². The van der Waals surface area contributed by atoms with Gasteiger partial charge >= 0.3 is 0 Å². The van der Waals surface area contributed by atoms with Gasteiger partial charge in [-0.05, 0) is 0 Å². The van der Waals surface area contributed by atoms with Gasteiger partial charge in [-0.1, -0.05) is 12.6 Å². The molecule has 0 aliphatic heterocycles. The lowest BCUT2D eigenvalue weighted by atomic mass is 10.6. The van der Waals surface area contributed by atoms with Gasteiger partial charge in [0.15, 0.2) is 0 Å². The van der Waals surface area contributed by atoms with Crippen molar-refractivity contribution < 1.29 is 4.79 Å². The van der Waals surface area contributed by atoms with Crippen molar-refractivity contribution in [2.45, 2.75) is 0 Å². The minimum Gasteiger partial charge on any atom is -0.348 e. The molecule has 0 unspecified atom stereocenters. The first-order valence-corrected chi connectivity index (χ1v) is 2.54. The number of hydrogen-bond donors (Lipinski definition) is 0. The van der Waals surface area contributed by atoms with E-state index in [0.29, 0.717) is 0 Å². The number of nitrogens with zero attached hydrogens (tertiary/aromatic N) is 1. The van der Waals surface area contributed by atoms with E-state index >= 15 is 0 Å². The van der Waals surface area contributed by atoms with Crippen LogP contribution in [0.1, 0.15) is 0 Å². The topological polar surface area (TPSA) is 20.3 Å². The summed E-state index contributed by atoms with van der Waals surface area (Å²) in [5.74, 6) is 0.183. The van der Waals surface area contributed by atoms with Gasteiger partial charge in [-0.2, -0.15) is 0 Å². The van der Waals surface area contributed by atoms with E-state index in [1.54, 1.807) is 14.1 Å². The van der Waals surface area contributed by atoms with E-state index in [1.807, 2.05) is 0 Å². The second-order valence-electron chi connectivity index (χ2n) is 1.43. The van der Waals surface area contributed by atoms with Crippen molar-refractivity contribution in [1.82, 2.24) is 4.90 Å². The van der Waals surface area contributed by atoms with Gasteiger partial charge in [0, 0.05) is 14.1 Å². The Morgan fingerprint density at radius 1 is 1.71 bits per heavy atom. The van der Waals surface area contributed by atoms with Crippen LogP contribution in [0.3, 0.4) is 0 Å². The Morgan fingerprint density at radius 2 is 2.14 bits per heavy atom. The molecule has 0 fully saturated rings. The maximum atomic E-state index is 10.3. The van der Waals surface area contributed by atoms with E-state index in [1.165, 1.54) is 4.90 Å². The largest absolute Gasteiger partial charge is 0.348 e. The lowest BCUT2D eigenvalue weighted by Crippen LogP contribution is -2.22. The molecule has 0 N–H and O–H groups in total. The van der Waals surface area contributed by atoms with Crippen LogP contribution in [0.4, 0.5) is 0 Å². The van der Waals surface area contributed by atoms with Crippen molar-refractivity contribution >= 4 is 18.5 Å². The molecule has 3 heteroatoms. The molecule has 0 heterocycles. The van der Waals surface area contributed by atoms with Crippen molar-refractivity contribution in [3.05, 3.63) is 0 Å². The Kier molecular flexibility index (Phi) is 2.83. The average Bonchev–Trinajstić information content (AvgIpc) is 1.65. The molecule has 2 nitrogen and oxygen atoms in total. The van der Waals surface area contributed by atoms with Crippen LogP contribution in [0.15, 0.2) is 0 Å². The van der Waals surface area contributed by atoms with E-state index in [0.717, 1.165) is 0 Å². The molecule has 1 radical (unpaired) electrons. The first-order chi connectivity index (χ1) is 3.18. The van der Waals surface area contributed by atoms with Crippen LogP contribution in [0.25, 0.3) is 0 Å². The maximum Gasteiger partial charge on any atom is 0.232 e. The molecule has 0 aromatic carbocycles. The van der Waals surface area contributed by atoms with Crippen LogP contribution >= 0.6 is 12.6 Å². The molecular formula is C4H8NOS. The van der Waals surface area contributed by atoms with E-state index in [9.17, 15) is 4.79 Å². The summed E-state index contributed by atoms with van der Waals surface area (Å²) < 4.78 is 0. The molecule has 0 spiro atoms. The molecular weight excluding hydrogens is 110 g/mol. The fraction of sp³-hybridized carbons (Fsp3) is 0.750. The quantitative estimate of drug-likeness (QED) is 0.484. The molecule has 0 bridgehead atoms. The third-order valence-corrected chi connectivity index (χ3v) is 0.869. The SMILES string of the molecule is CN(C)C(=O)C[S]. The second-order valence-corrected chi connectivity index (χ2v) is 1.72. The van der Waals surface area contributed by atoms with Crippen molar-refractivity contribution in [3.8, 4) is 0 Å². The minimum atomic E-state index is -0.00463. The van der Waals surface area contributed by atoms with Gasteiger partial charge in [0.1, 0.15) is 0 Å². The third kappa shape index (κ3) is 2.51. The Bertz CT molecular complexity index is 72.1. The number of carbonyl (C=O) groups excluding carboxylic acids is 1. The molecule has 1 amide bonds. The zero-order valence-electron chi connectivity index (χ0n) is 4.47. The summed E-state index contributed by atoms with van der Waals surface area (Å²) in [5.41, 5.74) is 0. The number of hydrogen-bond acceptors (Lipinski definition) is 1. The molecule has 0 aromatic rings.